The van der Waals surface area contributed by atoms with Crippen LogP contribution in [0.15, 0.2) is 71.6 Å². The Labute approximate surface area is 196 Å². The number of hydrogen-bond acceptors (Lipinski definition) is 6. The van der Waals surface area contributed by atoms with Crippen molar-refractivity contribution in [2.24, 2.45) is 0 Å². The molecule has 2 N–H and O–H groups in total. The Hall–Kier alpha value is -3.27. The summed E-state index contributed by atoms with van der Waals surface area (Å²) in [6, 6.07) is 17.2. The van der Waals surface area contributed by atoms with Crippen molar-refractivity contribution in [3.63, 3.8) is 0 Å². The number of hydrogen-bond donors (Lipinski definition) is 2. The van der Waals surface area contributed by atoms with Crippen molar-refractivity contribution in [2.45, 2.75) is 17.4 Å². The van der Waals surface area contributed by atoms with E-state index in [0.717, 1.165) is 5.56 Å². The molecule has 1 aliphatic rings. The summed E-state index contributed by atoms with van der Waals surface area (Å²) in [7, 11) is -2.80. The first-order valence-corrected chi connectivity index (χ1v) is 11.8. The highest BCUT2D eigenvalue weighted by Crippen LogP contribution is 2.34. The van der Waals surface area contributed by atoms with Gasteiger partial charge in [0.25, 0.3) is 0 Å². The summed E-state index contributed by atoms with van der Waals surface area (Å²) in [5, 5.41) is 2.97. The molecule has 0 fully saturated rings. The van der Waals surface area contributed by atoms with Crippen LogP contribution in [0.25, 0.3) is 0 Å². The van der Waals surface area contributed by atoms with E-state index >= 15 is 0 Å². The fraction of sp³-hybridized carbons (Fsp3) is 0.174. The third-order valence-corrected chi connectivity index (χ3v) is 6.68. The molecule has 0 aliphatic carbocycles. The third-order valence-electron chi connectivity index (χ3n) is 4.95. The van der Waals surface area contributed by atoms with Crippen LogP contribution in [-0.4, -0.2) is 34.3 Å². The maximum Gasteiger partial charge on any atom is 0.245 e. The highest BCUT2D eigenvalue weighted by atomic mass is 35.5. The molecule has 0 saturated carbocycles. The number of sulfonamides is 1. The monoisotopic (exact) mass is 488 g/mol. The van der Waals surface area contributed by atoms with E-state index in [1.165, 1.54) is 25.3 Å². The standard InChI is InChI=1S/C23H21ClN2O6S/c1-30-20-9-7-16(24)12-22(20)33(28,29)26-18(11-15-5-3-2-4-6-15)23(27)25-17-8-10-19-21(13-17)32-14-31-19/h2-10,12-13,18,26H,11,14H2,1H3,(H,25,27). The maximum absolute atomic E-state index is 13.2. The summed E-state index contributed by atoms with van der Waals surface area (Å²) in [5.41, 5.74) is 1.23. The van der Waals surface area contributed by atoms with Crippen LogP contribution >= 0.6 is 11.6 Å². The second-order valence-electron chi connectivity index (χ2n) is 7.22. The second kappa shape index (κ2) is 9.70. The van der Waals surface area contributed by atoms with E-state index in [1.54, 1.807) is 18.2 Å². The van der Waals surface area contributed by atoms with E-state index in [2.05, 4.69) is 10.0 Å². The minimum absolute atomic E-state index is 0.102. The number of rotatable bonds is 8. The third kappa shape index (κ3) is 5.39. The molecule has 1 atom stereocenters. The number of amides is 1. The van der Waals surface area contributed by atoms with Crippen LogP contribution < -0.4 is 24.2 Å². The normalized spacial score (nSPS) is 13.4. The van der Waals surface area contributed by atoms with Crippen molar-refractivity contribution >= 4 is 33.2 Å². The molecule has 10 heteroatoms. The average molecular weight is 489 g/mol. The first-order valence-electron chi connectivity index (χ1n) is 9.96. The quantitative estimate of drug-likeness (QED) is 0.502. The first kappa shape index (κ1) is 22.9. The first-order chi connectivity index (χ1) is 15.9. The maximum atomic E-state index is 13.2. The van der Waals surface area contributed by atoms with Crippen LogP contribution in [0, 0.1) is 0 Å². The molecule has 1 aliphatic heterocycles. The largest absolute Gasteiger partial charge is 0.495 e. The van der Waals surface area contributed by atoms with Crippen molar-refractivity contribution in [3.05, 3.63) is 77.3 Å². The van der Waals surface area contributed by atoms with E-state index < -0.39 is 22.0 Å². The lowest BCUT2D eigenvalue weighted by Crippen LogP contribution is -2.45. The molecule has 4 rings (SSSR count). The highest BCUT2D eigenvalue weighted by molar-refractivity contribution is 7.89. The van der Waals surface area contributed by atoms with E-state index in [4.69, 9.17) is 25.8 Å². The summed E-state index contributed by atoms with van der Waals surface area (Å²) in [6.45, 7) is 0.102. The van der Waals surface area contributed by atoms with Gasteiger partial charge in [-0.25, -0.2) is 8.42 Å². The smallest absolute Gasteiger partial charge is 0.245 e. The highest BCUT2D eigenvalue weighted by Gasteiger charge is 2.29. The van der Waals surface area contributed by atoms with Gasteiger partial charge < -0.3 is 19.5 Å². The Morgan fingerprint density at radius 2 is 1.82 bits per heavy atom. The molecule has 0 saturated heterocycles. The predicted molar refractivity (Wildman–Crippen MR) is 123 cm³/mol. The number of carbonyl (C=O) groups is 1. The zero-order valence-electron chi connectivity index (χ0n) is 17.6. The zero-order chi connectivity index (χ0) is 23.4. The van der Waals surface area contributed by atoms with Crippen LogP contribution in [-0.2, 0) is 21.2 Å². The van der Waals surface area contributed by atoms with E-state index in [-0.39, 0.29) is 28.9 Å². The molecule has 33 heavy (non-hydrogen) atoms. The van der Waals surface area contributed by atoms with Crippen LogP contribution in [0.5, 0.6) is 17.2 Å². The number of benzene rings is 3. The van der Waals surface area contributed by atoms with Gasteiger partial charge in [-0.3, -0.25) is 4.79 Å². The number of anilines is 1. The summed E-state index contributed by atoms with van der Waals surface area (Å²) < 4.78 is 44.7. The van der Waals surface area contributed by atoms with Crippen molar-refractivity contribution < 1.29 is 27.4 Å². The zero-order valence-corrected chi connectivity index (χ0v) is 19.2. The Morgan fingerprint density at radius 3 is 2.58 bits per heavy atom. The van der Waals surface area contributed by atoms with Gasteiger partial charge in [0.2, 0.25) is 22.7 Å². The predicted octanol–water partition coefficient (Wildman–Crippen LogP) is 3.61. The van der Waals surface area contributed by atoms with Crippen LogP contribution in [0.4, 0.5) is 5.69 Å². The number of carbonyl (C=O) groups excluding carboxylic acids is 1. The molecule has 1 unspecified atom stereocenters. The molecule has 0 aromatic heterocycles. The van der Waals surface area contributed by atoms with Crippen LogP contribution in [0.1, 0.15) is 5.56 Å². The van der Waals surface area contributed by atoms with Gasteiger partial charge in [-0.2, -0.15) is 4.72 Å². The molecule has 3 aromatic carbocycles. The molecule has 172 valence electrons. The summed E-state index contributed by atoms with van der Waals surface area (Å²) in [5.74, 6) is 0.642. The second-order valence-corrected chi connectivity index (χ2v) is 9.33. The van der Waals surface area contributed by atoms with E-state index in [9.17, 15) is 13.2 Å². The molecule has 3 aromatic rings. The molecule has 1 amide bonds. The minimum Gasteiger partial charge on any atom is -0.495 e. The molecule has 8 nitrogen and oxygen atoms in total. The van der Waals surface area contributed by atoms with Gasteiger partial charge in [0.1, 0.15) is 16.7 Å². The Bertz CT molecular complexity index is 1270. The molecule has 0 spiro atoms. The van der Waals surface area contributed by atoms with Crippen molar-refractivity contribution in [3.8, 4) is 17.2 Å². The molecule has 0 radical (unpaired) electrons. The van der Waals surface area contributed by atoms with Gasteiger partial charge in [0.05, 0.1) is 7.11 Å². The summed E-state index contributed by atoms with van der Waals surface area (Å²) in [6.07, 6.45) is 0.124. The minimum atomic E-state index is -4.16. The number of nitrogens with one attached hydrogen (secondary N) is 2. The number of halogens is 1. The lowest BCUT2D eigenvalue weighted by Gasteiger charge is -2.20. The van der Waals surface area contributed by atoms with Crippen LogP contribution in [0.2, 0.25) is 5.02 Å². The summed E-state index contributed by atoms with van der Waals surface area (Å²) >= 11 is 6.01. The van der Waals surface area contributed by atoms with E-state index in [1.807, 2.05) is 30.3 Å². The number of methoxy groups -OCH3 is 1. The van der Waals surface area contributed by atoms with Gasteiger partial charge in [-0.15, -0.1) is 0 Å². The topological polar surface area (TPSA) is 103 Å². The van der Waals surface area contributed by atoms with Crippen molar-refractivity contribution in [2.75, 3.05) is 19.2 Å². The molecule has 1 heterocycles. The number of fused-ring (bicyclic) bond motifs is 1. The van der Waals surface area contributed by atoms with Gasteiger partial charge >= 0.3 is 0 Å². The fourth-order valence-corrected chi connectivity index (χ4v) is 4.98. The average Bonchev–Trinajstić information content (AvgIpc) is 3.27. The van der Waals surface area contributed by atoms with Gasteiger partial charge in [-0.05, 0) is 42.3 Å². The molecular formula is C23H21ClN2O6S. The Balaban J connectivity index is 1.62. The van der Waals surface area contributed by atoms with Crippen molar-refractivity contribution in [1.29, 1.82) is 0 Å². The van der Waals surface area contributed by atoms with Crippen molar-refractivity contribution in [1.82, 2.24) is 4.72 Å². The Kier molecular flexibility index (Phi) is 6.73. The lowest BCUT2D eigenvalue weighted by molar-refractivity contribution is -0.117. The van der Waals surface area contributed by atoms with Gasteiger partial charge in [0, 0.05) is 16.8 Å². The summed E-state index contributed by atoms with van der Waals surface area (Å²) in [4.78, 5) is 13.0. The molecular weight excluding hydrogens is 468 g/mol. The Morgan fingerprint density at radius 1 is 1.06 bits per heavy atom. The van der Waals surface area contributed by atoms with E-state index in [0.29, 0.717) is 17.2 Å². The van der Waals surface area contributed by atoms with Crippen LogP contribution in [0.3, 0.4) is 0 Å². The number of ether oxygens (including phenoxy) is 3. The van der Waals surface area contributed by atoms with Gasteiger partial charge in [-0.1, -0.05) is 41.9 Å². The molecule has 0 bridgehead atoms. The van der Waals surface area contributed by atoms with Gasteiger partial charge in [0.15, 0.2) is 11.5 Å². The lowest BCUT2D eigenvalue weighted by atomic mass is 10.1. The fourth-order valence-electron chi connectivity index (χ4n) is 3.35. The SMILES string of the molecule is COc1ccc(Cl)cc1S(=O)(=O)NC(Cc1ccccc1)C(=O)Nc1ccc2c(c1)OCO2.